The number of para-hydroxylation sites is 1. The van der Waals surface area contributed by atoms with Crippen LogP contribution in [0.25, 0.3) is 10.9 Å². The van der Waals surface area contributed by atoms with Crippen LogP contribution in [0.5, 0.6) is 0 Å². The summed E-state index contributed by atoms with van der Waals surface area (Å²) in [5.74, 6) is 0.753. The van der Waals surface area contributed by atoms with E-state index in [0.29, 0.717) is 5.39 Å². The van der Waals surface area contributed by atoms with Crippen molar-refractivity contribution >= 4 is 10.9 Å². The van der Waals surface area contributed by atoms with Crippen molar-refractivity contribution in [2.24, 2.45) is 0 Å². The molecular weight excluding hydrogens is 290 g/mol. The van der Waals surface area contributed by atoms with Crippen LogP contribution in [0.1, 0.15) is 30.3 Å². The van der Waals surface area contributed by atoms with Crippen LogP contribution in [0, 0.1) is 0 Å². The molecule has 6 heteroatoms. The van der Waals surface area contributed by atoms with Crippen LogP contribution in [-0.4, -0.2) is 31.4 Å². The van der Waals surface area contributed by atoms with Gasteiger partial charge < -0.3 is 4.98 Å². The van der Waals surface area contributed by atoms with Crippen molar-refractivity contribution in [2.45, 2.75) is 25.4 Å². The van der Waals surface area contributed by atoms with Crippen LogP contribution >= 0.6 is 0 Å². The van der Waals surface area contributed by atoms with Gasteiger partial charge in [0.1, 0.15) is 12.2 Å². The SMILES string of the molecule is O=c1[nH]c(C2CCCN2Cc2cncnc2)nc2ccccc12. The predicted molar refractivity (Wildman–Crippen MR) is 86.8 cm³/mol. The number of fused-ring (bicyclic) bond motifs is 1. The molecule has 1 aliphatic heterocycles. The topological polar surface area (TPSA) is 74.8 Å². The summed E-state index contributed by atoms with van der Waals surface area (Å²) in [6, 6.07) is 7.59. The normalized spacial score (nSPS) is 18.5. The summed E-state index contributed by atoms with van der Waals surface area (Å²) in [4.78, 5) is 30.4. The number of nitrogens with zero attached hydrogens (tertiary/aromatic N) is 4. The van der Waals surface area contributed by atoms with E-state index in [2.05, 4.69) is 24.8 Å². The lowest BCUT2D eigenvalue weighted by Crippen LogP contribution is -2.26. The third kappa shape index (κ3) is 2.73. The van der Waals surface area contributed by atoms with Crippen molar-refractivity contribution in [1.82, 2.24) is 24.8 Å². The smallest absolute Gasteiger partial charge is 0.258 e. The van der Waals surface area contributed by atoms with Crippen LogP contribution < -0.4 is 5.56 Å². The first-order valence-electron chi connectivity index (χ1n) is 7.78. The Kier molecular flexibility index (Phi) is 3.59. The van der Waals surface area contributed by atoms with Crippen LogP contribution in [0.3, 0.4) is 0 Å². The highest BCUT2D eigenvalue weighted by Crippen LogP contribution is 2.31. The van der Waals surface area contributed by atoms with Crippen molar-refractivity contribution in [3.63, 3.8) is 0 Å². The van der Waals surface area contributed by atoms with Gasteiger partial charge in [0.05, 0.1) is 16.9 Å². The van der Waals surface area contributed by atoms with Crippen molar-refractivity contribution in [2.75, 3.05) is 6.54 Å². The van der Waals surface area contributed by atoms with Crippen LogP contribution in [0.15, 0.2) is 47.8 Å². The summed E-state index contributed by atoms with van der Waals surface area (Å²) in [5.41, 5.74) is 1.75. The third-order valence-electron chi connectivity index (χ3n) is 4.31. The number of hydrogen-bond donors (Lipinski definition) is 1. The van der Waals surface area contributed by atoms with E-state index >= 15 is 0 Å². The fraction of sp³-hybridized carbons (Fsp3) is 0.294. The highest BCUT2D eigenvalue weighted by atomic mass is 16.1. The van der Waals surface area contributed by atoms with Gasteiger partial charge in [-0.05, 0) is 31.5 Å². The van der Waals surface area contributed by atoms with Gasteiger partial charge in [0.15, 0.2) is 0 Å². The molecule has 116 valence electrons. The lowest BCUT2D eigenvalue weighted by Gasteiger charge is -2.23. The first-order chi connectivity index (χ1) is 11.3. The lowest BCUT2D eigenvalue weighted by molar-refractivity contribution is 0.239. The number of aromatic amines is 1. The average Bonchev–Trinajstić information content (AvgIpc) is 3.04. The third-order valence-corrected chi connectivity index (χ3v) is 4.31. The number of rotatable bonds is 3. The molecule has 0 spiro atoms. The summed E-state index contributed by atoms with van der Waals surface area (Å²) >= 11 is 0. The van der Waals surface area contributed by atoms with Gasteiger partial charge in [-0.1, -0.05) is 12.1 Å². The number of benzene rings is 1. The minimum atomic E-state index is -0.0690. The van der Waals surface area contributed by atoms with E-state index in [1.807, 2.05) is 30.6 Å². The molecule has 1 atom stereocenters. The Bertz CT molecular complexity index is 877. The maximum Gasteiger partial charge on any atom is 0.258 e. The monoisotopic (exact) mass is 307 g/mol. The van der Waals surface area contributed by atoms with Gasteiger partial charge in [0, 0.05) is 24.5 Å². The van der Waals surface area contributed by atoms with Gasteiger partial charge in [0.2, 0.25) is 0 Å². The van der Waals surface area contributed by atoms with Gasteiger partial charge >= 0.3 is 0 Å². The molecule has 23 heavy (non-hydrogen) atoms. The molecule has 1 aromatic carbocycles. The molecule has 1 saturated heterocycles. The number of hydrogen-bond acceptors (Lipinski definition) is 5. The Morgan fingerprint density at radius 3 is 2.91 bits per heavy atom. The molecule has 6 nitrogen and oxygen atoms in total. The molecule has 1 N–H and O–H groups in total. The van der Waals surface area contributed by atoms with Gasteiger partial charge in [-0.2, -0.15) is 0 Å². The second kappa shape index (κ2) is 5.89. The van der Waals surface area contributed by atoms with Gasteiger partial charge in [0.25, 0.3) is 5.56 Å². The van der Waals surface area contributed by atoms with Crippen molar-refractivity contribution < 1.29 is 0 Å². The van der Waals surface area contributed by atoms with E-state index in [1.54, 1.807) is 6.07 Å². The minimum Gasteiger partial charge on any atom is -0.309 e. The molecule has 1 unspecified atom stereocenters. The van der Waals surface area contributed by atoms with Gasteiger partial charge in [-0.15, -0.1) is 0 Å². The number of likely N-dealkylation sites (tertiary alicyclic amines) is 1. The summed E-state index contributed by atoms with van der Waals surface area (Å²) in [6.45, 7) is 1.75. The van der Waals surface area contributed by atoms with E-state index in [0.717, 1.165) is 42.8 Å². The van der Waals surface area contributed by atoms with Crippen LogP contribution in [0.4, 0.5) is 0 Å². The first-order valence-corrected chi connectivity index (χ1v) is 7.78. The van der Waals surface area contributed by atoms with E-state index in [-0.39, 0.29) is 11.6 Å². The molecule has 1 fully saturated rings. The standard InChI is InChI=1S/C17H17N5O/c23-17-13-4-1-2-5-14(13)20-16(21-17)15-6-3-7-22(15)10-12-8-18-11-19-9-12/h1-2,4-5,8-9,11,15H,3,6-7,10H2,(H,20,21,23). The zero-order valence-electron chi connectivity index (χ0n) is 12.6. The quantitative estimate of drug-likeness (QED) is 0.801. The van der Waals surface area contributed by atoms with Crippen molar-refractivity contribution in [1.29, 1.82) is 0 Å². The molecule has 4 rings (SSSR count). The molecular formula is C17H17N5O. The molecule has 0 saturated carbocycles. The van der Waals surface area contributed by atoms with E-state index < -0.39 is 0 Å². The maximum absolute atomic E-state index is 12.3. The molecule has 3 aromatic rings. The van der Waals surface area contributed by atoms with E-state index in [4.69, 9.17) is 0 Å². The lowest BCUT2D eigenvalue weighted by atomic mass is 10.1. The molecule has 1 aliphatic rings. The minimum absolute atomic E-state index is 0.0690. The van der Waals surface area contributed by atoms with Crippen molar-refractivity contribution in [3.05, 3.63) is 64.7 Å². The highest BCUT2D eigenvalue weighted by Gasteiger charge is 2.28. The molecule has 3 heterocycles. The zero-order valence-corrected chi connectivity index (χ0v) is 12.6. The Labute approximate surface area is 133 Å². The Balaban J connectivity index is 1.67. The summed E-state index contributed by atoms with van der Waals surface area (Å²) < 4.78 is 0. The second-order valence-electron chi connectivity index (χ2n) is 5.84. The number of nitrogens with one attached hydrogen (secondary N) is 1. The molecule has 0 radical (unpaired) electrons. The first kappa shape index (κ1) is 14.0. The number of H-pyrrole nitrogens is 1. The van der Waals surface area contributed by atoms with E-state index in [9.17, 15) is 4.79 Å². The predicted octanol–water partition coefficient (Wildman–Crippen LogP) is 2.05. The zero-order chi connectivity index (χ0) is 15.6. The fourth-order valence-corrected chi connectivity index (χ4v) is 3.23. The Morgan fingerprint density at radius 2 is 2.04 bits per heavy atom. The van der Waals surface area contributed by atoms with Gasteiger partial charge in [-0.25, -0.2) is 15.0 Å². The average molecular weight is 307 g/mol. The molecule has 2 aromatic heterocycles. The number of aromatic nitrogens is 4. The van der Waals surface area contributed by atoms with Crippen molar-refractivity contribution in [3.8, 4) is 0 Å². The highest BCUT2D eigenvalue weighted by molar-refractivity contribution is 5.77. The van der Waals surface area contributed by atoms with Gasteiger partial charge in [-0.3, -0.25) is 9.69 Å². The van der Waals surface area contributed by atoms with Crippen LogP contribution in [0.2, 0.25) is 0 Å². The molecule has 0 aliphatic carbocycles. The summed E-state index contributed by atoms with van der Waals surface area (Å²) in [7, 11) is 0. The molecule has 0 bridgehead atoms. The van der Waals surface area contributed by atoms with E-state index in [1.165, 1.54) is 6.33 Å². The second-order valence-corrected chi connectivity index (χ2v) is 5.84. The summed E-state index contributed by atoms with van der Waals surface area (Å²) in [6.07, 6.45) is 7.29. The molecule has 0 amide bonds. The Morgan fingerprint density at radius 1 is 1.22 bits per heavy atom. The largest absolute Gasteiger partial charge is 0.309 e. The Hall–Kier alpha value is -2.60. The maximum atomic E-state index is 12.3. The van der Waals surface area contributed by atoms with Crippen LogP contribution in [-0.2, 0) is 6.54 Å². The fourth-order valence-electron chi connectivity index (χ4n) is 3.23. The summed E-state index contributed by atoms with van der Waals surface area (Å²) in [5, 5.41) is 0.636.